The molecule has 0 aliphatic carbocycles. The van der Waals surface area contributed by atoms with Crippen LogP contribution in [-0.4, -0.2) is 26.7 Å². The third-order valence-electron chi connectivity index (χ3n) is 3.75. The van der Waals surface area contributed by atoms with Gasteiger partial charge in [-0.1, -0.05) is 13.8 Å². The monoisotopic (exact) mass is 384 g/mol. The maximum atomic E-state index is 12.6. The van der Waals surface area contributed by atoms with Gasteiger partial charge in [0.2, 0.25) is 0 Å². The Bertz CT molecular complexity index is 801. The second-order valence-electron chi connectivity index (χ2n) is 6.20. The summed E-state index contributed by atoms with van der Waals surface area (Å²) in [7, 11) is 0. The van der Waals surface area contributed by atoms with Gasteiger partial charge in [0.05, 0.1) is 11.6 Å². The van der Waals surface area contributed by atoms with E-state index in [0.29, 0.717) is 5.82 Å². The van der Waals surface area contributed by atoms with E-state index in [9.17, 15) is 22.8 Å². The first kappa shape index (κ1) is 20.3. The summed E-state index contributed by atoms with van der Waals surface area (Å²) in [4.78, 5) is 27.3. The third kappa shape index (κ3) is 5.47. The zero-order valence-electron chi connectivity index (χ0n) is 14.6. The number of carbonyl (C=O) groups is 2. The molecule has 1 unspecified atom stereocenters. The topological polar surface area (TPSA) is 96.3 Å². The van der Waals surface area contributed by atoms with Crippen LogP contribution in [0.25, 0.3) is 0 Å². The fraction of sp³-hybridized carbons (Fsp3) is 0.353. The van der Waals surface area contributed by atoms with Gasteiger partial charge in [-0.05, 0) is 30.2 Å². The van der Waals surface area contributed by atoms with Crippen LogP contribution in [0.5, 0.6) is 0 Å². The third-order valence-corrected chi connectivity index (χ3v) is 3.75. The SMILES string of the molecule is CC(C)C(NC(=O)Nc1ccc(C(F)(F)F)cc1)c1nccn1CC(=O)O. The lowest BCUT2D eigenvalue weighted by atomic mass is 10.0. The second kappa shape index (κ2) is 8.11. The fourth-order valence-corrected chi connectivity index (χ4v) is 2.46. The van der Waals surface area contributed by atoms with E-state index in [1.165, 1.54) is 17.0 Å². The van der Waals surface area contributed by atoms with Crippen LogP contribution >= 0.6 is 0 Å². The number of rotatable bonds is 6. The molecule has 0 fully saturated rings. The molecule has 2 rings (SSSR count). The maximum absolute atomic E-state index is 12.6. The lowest BCUT2D eigenvalue weighted by molar-refractivity contribution is -0.138. The summed E-state index contributed by atoms with van der Waals surface area (Å²) in [5, 5.41) is 14.1. The highest BCUT2D eigenvalue weighted by Gasteiger charge is 2.30. The van der Waals surface area contributed by atoms with Crippen molar-refractivity contribution < 1.29 is 27.9 Å². The number of aromatic nitrogens is 2. The predicted molar refractivity (Wildman–Crippen MR) is 91.0 cm³/mol. The smallest absolute Gasteiger partial charge is 0.416 e. The summed E-state index contributed by atoms with van der Waals surface area (Å²) in [5.41, 5.74) is -0.624. The van der Waals surface area contributed by atoms with Crippen molar-refractivity contribution in [3.05, 3.63) is 48.0 Å². The quantitative estimate of drug-likeness (QED) is 0.710. The minimum absolute atomic E-state index is 0.113. The molecule has 0 saturated heterocycles. The van der Waals surface area contributed by atoms with E-state index in [2.05, 4.69) is 15.6 Å². The Kier molecular flexibility index (Phi) is 6.09. The zero-order chi connectivity index (χ0) is 20.2. The van der Waals surface area contributed by atoms with Gasteiger partial charge in [0, 0.05) is 18.1 Å². The number of amides is 2. The highest BCUT2D eigenvalue weighted by atomic mass is 19.4. The Labute approximate surface area is 153 Å². The molecule has 146 valence electrons. The molecule has 0 bridgehead atoms. The van der Waals surface area contributed by atoms with Crippen molar-refractivity contribution in [3.8, 4) is 0 Å². The summed E-state index contributed by atoms with van der Waals surface area (Å²) in [6.07, 6.45) is -1.53. The highest BCUT2D eigenvalue weighted by molar-refractivity contribution is 5.89. The summed E-state index contributed by atoms with van der Waals surface area (Å²) in [6, 6.07) is 2.81. The normalized spacial score (nSPS) is 12.7. The maximum Gasteiger partial charge on any atom is 0.416 e. The van der Waals surface area contributed by atoms with E-state index < -0.39 is 29.8 Å². The molecule has 3 N–H and O–H groups in total. The number of aliphatic carboxylic acids is 1. The molecule has 1 heterocycles. The Balaban J connectivity index is 2.10. The van der Waals surface area contributed by atoms with Gasteiger partial charge in [0.1, 0.15) is 12.4 Å². The molecular weight excluding hydrogens is 365 g/mol. The molecule has 1 aromatic carbocycles. The summed E-state index contributed by atoms with van der Waals surface area (Å²) in [6.45, 7) is 3.34. The average molecular weight is 384 g/mol. The standard InChI is InChI=1S/C17H19F3N4O3/c1-10(2)14(15-21-7-8-24(15)9-13(25)26)23-16(27)22-12-5-3-11(4-6-12)17(18,19)20/h3-8,10,14H,9H2,1-2H3,(H,25,26)(H2,22,23,27). The molecule has 0 saturated carbocycles. The summed E-state index contributed by atoms with van der Waals surface area (Å²) < 4.78 is 39.1. The average Bonchev–Trinajstić information content (AvgIpc) is 2.99. The zero-order valence-corrected chi connectivity index (χ0v) is 14.6. The van der Waals surface area contributed by atoms with E-state index >= 15 is 0 Å². The number of hydrogen-bond donors (Lipinski definition) is 3. The first-order chi connectivity index (χ1) is 12.6. The molecule has 10 heteroatoms. The van der Waals surface area contributed by atoms with Gasteiger partial charge >= 0.3 is 18.2 Å². The first-order valence-electron chi connectivity index (χ1n) is 8.05. The predicted octanol–water partition coefficient (Wildman–Crippen LogP) is 3.51. The van der Waals surface area contributed by atoms with E-state index in [0.717, 1.165) is 24.3 Å². The number of halogens is 3. The van der Waals surface area contributed by atoms with Crippen molar-refractivity contribution in [1.29, 1.82) is 0 Å². The molecule has 0 aliphatic heterocycles. The number of urea groups is 1. The minimum atomic E-state index is -4.45. The number of nitrogens with one attached hydrogen (secondary N) is 2. The van der Waals surface area contributed by atoms with Gasteiger partial charge in [-0.3, -0.25) is 4.79 Å². The van der Waals surface area contributed by atoms with Crippen molar-refractivity contribution in [3.63, 3.8) is 0 Å². The van der Waals surface area contributed by atoms with Crippen molar-refractivity contribution in [2.24, 2.45) is 5.92 Å². The van der Waals surface area contributed by atoms with E-state index in [1.54, 1.807) is 0 Å². The largest absolute Gasteiger partial charge is 0.480 e. The van der Waals surface area contributed by atoms with Gasteiger partial charge in [-0.2, -0.15) is 13.2 Å². The molecule has 1 atom stereocenters. The molecule has 1 aromatic heterocycles. The van der Waals surface area contributed by atoms with Crippen LogP contribution in [0, 0.1) is 5.92 Å². The number of nitrogens with zero attached hydrogens (tertiary/aromatic N) is 2. The minimum Gasteiger partial charge on any atom is -0.480 e. The lowest BCUT2D eigenvalue weighted by Crippen LogP contribution is -2.37. The molecule has 7 nitrogen and oxygen atoms in total. The number of hydrogen-bond acceptors (Lipinski definition) is 3. The van der Waals surface area contributed by atoms with Gasteiger partial charge in [-0.15, -0.1) is 0 Å². The molecule has 2 aromatic rings. The number of carbonyl (C=O) groups excluding carboxylic acids is 1. The Morgan fingerprint density at radius 1 is 1.22 bits per heavy atom. The molecular formula is C17H19F3N4O3. The van der Waals surface area contributed by atoms with Crippen molar-refractivity contribution in [1.82, 2.24) is 14.9 Å². The van der Waals surface area contributed by atoms with Crippen molar-refractivity contribution in [2.75, 3.05) is 5.32 Å². The fourth-order valence-electron chi connectivity index (χ4n) is 2.46. The van der Waals surface area contributed by atoms with Crippen LogP contribution in [-0.2, 0) is 17.5 Å². The van der Waals surface area contributed by atoms with Gasteiger partial charge in [-0.25, -0.2) is 9.78 Å². The number of anilines is 1. The van der Waals surface area contributed by atoms with Crippen molar-refractivity contribution in [2.45, 2.75) is 32.6 Å². The van der Waals surface area contributed by atoms with Crippen LogP contribution in [0.4, 0.5) is 23.7 Å². The first-order valence-corrected chi connectivity index (χ1v) is 8.05. The number of imidazole rings is 1. The molecule has 2 amide bonds. The number of carboxylic acids is 1. The Morgan fingerprint density at radius 3 is 2.37 bits per heavy atom. The Morgan fingerprint density at radius 2 is 1.85 bits per heavy atom. The summed E-state index contributed by atoms with van der Waals surface area (Å²) in [5.74, 6) is -0.792. The van der Waals surface area contributed by atoms with E-state index in [1.807, 2.05) is 13.8 Å². The van der Waals surface area contributed by atoms with Crippen LogP contribution in [0.2, 0.25) is 0 Å². The van der Waals surface area contributed by atoms with Gasteiger partial charge < -0.3 is 20.3 Å². The second-order valence-corrected chi connectivity index (χ2v) is 6.20. The van der Waals surface area contributed by atoms with E-state index in [-0.39, 0.29) is 18.2 Å². The highest BCUT2D eigenvalue weighted by Crippen LogP contribution is 2.29. The number of carboxylic acid groups (broad SMARTS) is 1. The Hall–Kier alpha value is -3.04. The van der Waals surface area contributed by atoms with Crippen LogP contribution in [0.3, 0.4) is 0 Å². The molecule has 0 spiro atoms. The van der Waals surface area contributed by atoms with Crippen LogP contribution < -0.4 is 10.6 Å². The van der Waals surface area contributed by atoms with Crippen LogP contribution in [0.1, 0.15) is 31.3 Å². The lowest BCUT2D eigenvalue weighted by Gasteiger charge is -2.23. The van der Waals surface area contributed by atoms with Crippen molar-refractivity contribution >= 4 is 17.7 Å². The molecule has 0 radical (unpaired) electrons. The molecule has 0 aliphatic rings. The number of alkyl halides is 3. The molecule has 27 heavy (non-hydrogen) atoms. The van der Waals surface area contributed by atoms with Gasteiger partial charge in [0.15, 0.2) is 0 Å². The summed E-state index contributed by atoms with van der Waals surface area (Å²) >= 11 is 0. The van der Waals surface area contributed by atoms with E-state index in [4.69, 9.17) is 5.11 Å². The number of benzene rings is 1. The van der Waals surface area contributed by atoms with Crippen LogP contribution in [0.15, 0.2) is 36.7 Å². The van der Waals surface area contributed by atoms with Gasteiger partial charge in [0.25, 0.3) is 0 Å².